The Balaban J connectivity index is 2.38. The predicted octanol–water partition coefficient (Wildman–Crippen LogP) is 1.16. The van der Waals surface area contributed by atoms with Crippen molar-refractivity contribution in [2.75, 3.05) is 7.05 Å². The largest absolute Gasteiger partial charge is 0.672 e. The highest BCUT2D eigenvalue weighted by molar-refractivity contribution is 6.68. The summed E-state index contributed by atoms with van der Waals surface area (Å²) in [6, 6.07) is 10.9. The van der Waals surface area contributed by atoms with Gasteiger partial charge in [0.25, 0.3) is 0 Å². The molecule has 0 saturated heterocycles. The second-order valence-corrected chi connectivity index (χ2v) is 7.26. The van der Waals surface area contributed by atoms with Gasteiger partial charge >= 0.3 is 6.98 Å². The van der Waals surface area contributed by atoms with Crippen LogP contribution in [0.5, 0.6) is 0 Å². The van der Waals surface area contributed by atoms with Gasteiger partial charge in [-0.2, -0.15) is 9.27 Å². The maximum atomic E-state index is 2.43. The average Bonchev–Trinajstić information content (AvgIpc) is 2.84. The van der Waals surface area contributed by atoms with Gasteiger partial charge in [-0.15, -0.1) is 0 Å². The van der Waals surface area contributed by atoms with E-state index in [9.17, 15) is 0 Å². The van der Waals surface area contributed by atoms with Gasteiger partial charge < -0.3 is 4.81 Å². The minimum Gasteiger partial charge on any atom is -0.350 e. The van der Waals surface area contributed by atoms with Crippen molar-refractivity contribution < 1.29 is 4.59 Å². The molecule has 0 saturated carbocycles. The molecular weight excluding hydrogens is 269 g/mol. The van der Waals surface area contributed by atoms with Crippen LogP contribution in [0.1, 0.15) is 27.7 Å². The van der Waals surface area contributed by atoms with Crippen molar-refractivity contribution in [1.29, 1.82) is 0 Å². The van der Waals surface area contributed by atoms with Gasteiger partial charge in [-0.1, -0.05) is 45.0 Å². The van der Waals surface area contributed by atoms with E-state index in [4.69, 9.17) is 0 Å². The molecule has 0 unspecified atom stereocenters. The van der Waals surface area contributed by atoms with Gasteiger partial charge in [0.2, 0.25) is 0 Å². The molecule has 4 heteroatoms. The first-order chi connectivity index (χ1) is 10.3. The lowest BCUT2D eigenvalue weighted by atomic mass is 9.61. The van der Waals surface area contributed by atoms with Crippen molar-refractivity contribution in [2.45, 2.75) is 27.7 Å². The third-order valence-corrected chi connectivity index (χ3v) is 4.58. The van der Waals surface area contributed by atoms with Crippen molar-refractivity contribution in [3.8, 4) is 0 Å². The lowest BCUT2D eigenvalue weighted by Crippen LogP contribution is -2.68. The molecule has 0 N–H and O–H groups in total. The maximum Gasteiger partial charge on any atom is 0.672 e. The molecule has 0 radical (unpaired) electrons. The Morgan fingerprint density at radius 3 is 2.18 bits per heavy atom. The molecule has 1 aromatic carbocycles. The van der Waals surface area contributed by atoms with E-state index in [1.807, 2.05) is 0 Å². The zero-order chi connectivity index (χ0) is 16.1. The number of aryl methyl sites for hydroxylation is 1. The van der Waals surface area contributed by atoms with E-state index in [0.717, 1.165) is 0 Å². The maximum absolute atomic E-state index is 2.43. The first kappa shape index (κ1) is 15.0. The summed E-state index contributed by atoms with van der Waals surface area (Å²) in [6.07, 6.45) is 4.25. The topological polar surface area (TPSA) is 12.1 Å². The Hall–Kier alpha value is -1.97. The van der Waals surface area contributed by atoms with Crippen molar-refractivity contribution in [2.24, 2.45) is 12.5 Å². The fraction of sp³-hybridized carbons (Fsp3) is 0.389. The van der Waals surface area contributed by atoms with Crippen LogP contribution in [-0.2, 0) is 7.05 Å². The summed E-state index contributed by atoms with van der Waals surface area (Å²) in [5, 5.41) is 2.73. The Morgan fingerprint density at radius 1 is 1.00 bits per heavy atom. The molecule has 2 aromatic rings. The standard InChI is InChI=1S/C18H25BN3/c1-14-15-10-7-8-11-16(15)17(18(2,3)4)21(6)19(14)22-13-9-12-20(22)5/h7-13H,1-6H3/q+1. The summed E-state index contributed by atoms with van der Waals surface area (Å²) < 4.78 is 4.44. The Bertz CT molecular complexity index is 827. The first-order valence-electron chi connectivity index (χ1n) is 7.88. The van der Waals surface area contributed by atoms with Gasteiger partial charge in [-0.05, 0) is 17.4 Å². The molecule has 0 fully saturated rings. The van der Waals surface area contributed by atoms with Gasteiger partial charge in [0.15, 0.2) is 6.20 Å². The summed E-state index contributed by atoms with van der Waals surface area (Å²) in [5.74, 6) is 0. The number of hydrogen-bond acceptors (Lipinski definition) is 1. The summed E-state index contributed by atoms with van der Waals surface area (Å²) in [7, 11) is 4.31. The van der Waals surface area contributed by atoms with Crippen LogP contribution in [0, 0.1) is 5.41 Å². The quantitative estimate of drug-likeness (QED) is 0.719. The van der Waals surface area contributed by atoms with Gasteiger partial charge in [-0.25, -0.2) is 0 Å². The molecule has 22 heavy (non-hydrogen) atoms. The van der Waals surface area contributed by atoms with Crippen LogP contribution in [0.4, 0.5) is 0 Å². The van der Waals surface area contributed by atoms with Crippen LogP contribution >= 0.6 is 0 Å². The molecule has 3 nitrogen and oxygen atoms in total. The lowest BCUT2D eigenvalue weighted by molar-refractivity contribution is -0.632. The fourth-order valence-electron chi connectivity index (χ4n) is 3.77. The van der Waals surface area contributed by atoms with Gasteiger partial charge in [-0.3, -0.25) is 0 Å². The third-order valence-electron chi connectivity index (χ3n) is 4.58. The first-order valence-corrected chi connectivity index (χ1v) is 7.88. The molecule has 3 rings (SSSR count). The summed E-state index contributed by atoms with van der Waals surface area (Å²) in [6.45, 7) is 9.35. The van der Waals surface area contributed by atoms with Crippen LogP contribution in [0.3, 0.4) is 0 Å². The van der Waals surface area contributed by atoms with Crippen molar-refractivity contribution in [3.63, 3.8) is 0 Å². The number of benzene rings is 1. The normalized spacial score (nSPS) is 15.4. The molecule has 2 heterocycles. The monoisotopic (exact) mass is 294 g/mol. The number of nitrogens with zero attached hydrogens (tertiary/aromatic N) is 3. The Labute approximate surface area is 133 Å². The Morgan fingerprint density at radius 2 is 1.64 bits per heavy atom. The summed E-state index contributed by atoms with van der Waals surface area (Å²) in [5.41, 5.74) is 2.88. The molecular formula is C18H25BN3+. The summed E-state index contributed by atoms with van der Waals surface area (Å²) in [4.78, 5) is 2.43. The van der Waals surface area contributed by atoms with E-state index in [-0.39, 0.29) is 12.4 Å². The van der Waals surface area contributed by atoms with Crippen molar-refractivity contribution in [3.05, 3.63) is 53.2 Å². The van der Waals surface area contributed by atoms with Crippen LogP contribution < -0.4 is 15.0 Å². The third kappa shape index (κ3) is 2.18. The van der Waals surface area contributed by atoms with Gasteiger partial charge in [0, 0.05) is 29.7 Å². The molecule has 0 spiro atoms. The summed E-state index contributed by atoms with van der Waals surface area (Å²) >= 11 is 0. The predicted molar refractivity (Wildman–Crippen MR) is 92.2 cm³/mol. The SMILES string of the molecule is CC1=c2ccccc2=C(C(C)(C)C)N(C)B1[n+]1cccn1C. The lowest BCUT2D eigenvalue weighted by Gasteiger charge is -2.35. The molecule has 1 aromatic heterocycles. The van der Waals surface area contributed by atoms with Crippen molar-refractivity contribution >= 4 is 18.2 Å². The van der Waals surface area contributed by atoms with Gasteiger partial charge in [0.1, 0.15) is 0 Å². The zero-order valence-electron chi connectivity index (χ0n) is 14.5. The second kappa shape index (κ2) is 5.04. The fourth-order valence-corrected chi connectivity index (χ4v) is 3.77. The molecule has 0 amide bonds. The average molecular weight is 294 g/mol. The smallest absolute Gasteiger partial charge is 0.350 e. The Kier molecular flexibility index (Phi) is 3.43. The highest BCUT2D eigenvalue weighted by Crippen LogP contribution is 2.29. The molecule has 0 bridgehead atoms. The highest BCUT2D eigenvalue weighted by Gasteiger charge is 2.45. The minimum atomic E-state index is 0.0928. The van der Waals surface area contributed by atoms with E-state index >= 15 is 0 Å². The van der Waals surface area contributed by atoms with E-state index in [0.29, 0.717) is 0 Å². The van der Waals surface area contributed by atoms with E-state index in [1.165, 1.54) is 21.6 Å². The molecule has 1 aliphatic rings. The highest BCUT2D eigenvalue weighted by atomic mass is 15.4. The zero-order valence-corrected chi connectivity index (χ0v) is 14.5. The van der Waals surface area contributed by atoms with Crippen molar-refractivity contribution in [1.82, 2.24) is 9.49 Å². The van der Waals surface area contributed by atoms with Crippen LogP contribution in [0.15, 0.2) is 42.7 Å². The molecule has 1 aliphatic heterocycles. The van der Waals surface area contributed by atoms with Gasteiger partial charge in [0.05, 0.1) is 13.2 Å². The second-order valence-electron chi connectivity index (χ2n) is 7.26. The number of aromatic nitrogens is 2. The molecule has 114 valence electrons. The number of fused-ring (bicyclic) bond motifs is 1. The van der Waals surface area contributed by atoms with E-state index in [2.05, 4.69) is 98.6 Å². The van der Waals surface area contributed by atoms with E-state index < -0.39 is 0 Å². The minimum absolute atomic E-state index is 0.0928. The van der Waals surface area contributed by atoms with Crippen LogP contribution in [0.25, 0.3) is 11.2 Å². The van der Waals surface area contributed by atoms with Crippen LogP contribution in [0.2, 0.25) is 0 Å². The number of hydrogen-bond donors (Lipinski definition) is 0. The molecule has 0 atom stereocenters. The number of rotatable bonds is 1. The molecule has 0 aliphatic carbocycles. The van der Waals surface area contributed by atoms with E-state index in [1.54, 1.807) is 0 Å². The van der Waals surface area contributed by atoms with Crippen LogP contribution in [-0.4, -0.2) is 23.5 Å².